The van der Waals surface area contributed by atoms with E-state index in [0.29, 0.717) is 17.5 Å². The van der Waals surface area contributed by atoms with E-state index in [2.05, 4.69) is 20.3 Å². The molecular formula is C9H10ClN5S. The van der Waals surface area contributed by atoms with Crippen LogP contribution in [0, 0.1) is 6.92 Å². The molecule has 0 spiro atoms. The molecule has 0 aliphatic rings. The third-order valence-corrected chi connectivity index (χ3v) is 2.85. The van der Waals surface area contributed by atoms with Crippen LogP contribution in [-0.2, 0) is 6.54 Å². The first-order valence-corrected chi connectivity index (χ1v) is 5.84. The lowest BCUT2D eigenvalue weighted by Gasteiger charge is -2.04. The van der Waals surface area contributed by atoms with Crippen LogP contribution in [0.4, 0.5) is 11.8 Å². The molecule has 0 aliphatic carbocycles. The Kier molecular flexibility index (Phi) is 3.21. The van der Waals surface area contributed by atoms with Crippen LogP contribution in [0.5, 0.6) is 0 Å². The number of hydrogen-bond acceptors (Lipinski definition) is 6. The van der Waals surface area contributed by atoms with E-state index < -0.39 is 0 Å². The average molecular weight is 256 g/mol. The summed E-state index contributed by atoms with van der Waals surface area (Å²) in [4.78, 5) is 12.1. The molecule has 3 N–H and O–H groups in total. The number of hydrogen-bond donors (Lipinski definition) is 2. The van der Waals surface area contributed by atoms with E-state index >= 15 is 0 Å². The minimum Gasteiger partial charge on any atom is -0.368 e. The first-order valence-electron chi connectivity index (χ1n) is 4.58. The molecule has 0 bridgehead atoms. The fourth-order valence-electron chi connectivity index (χ4n) is 1.20. The summed E-state index contributed by atoms with van der Waals surface area (Å²) in [5, 5.41) is 6.44. The van der Waals surface area contributed by atoms with Crippen molar-refractivity contribution in [2.45, 2.75) is 13.5 Å². The number of nitrogens with two attached hydrogens (primary N) is 1. The van der Waals surface area contributed by atoms with Crippen molar-refractivity contribution in [3.05, 3.63) is 27.3 Å². The first kappa shape index (κ1) is 11.1. The fraction of sp³-hybridized carbons (Fsp3) is 0.222. The van der Waals surface area contributed by atoms with E-state index in [4.69, 9.17) is 17.3 Å². The van der Waals surface area contributed by atoms with Crippen LogP contribution in [-0.4, -0.2) is 15.0 Å². The molecule has 2 aromatic heterocycles. The number of halogens is 1. The van der Waals surface area contributed by atoms with E-state index in [1.807, 2.05) is 12.3 Å². The van der Waals surface area contributed by atoms with Crippen molar-refractivity contribution < 1.29 is 0 Å². The Morgan fingerprint density at radius 1 is 1.44 bits per heavy atom. The monoisotopic (exact) mass is 255 g/mol. The standard InChI is InChI=1S/C9H10ClN5S/c1-5-13-6(4-16-5)3-12-8-2-7(10)14-9(11)15-8/h2,4H,3H2,1H3,(H3,11,12,14,15). The second-order valence-electron chi connectivity index (χ2n) is 3.15. The first-order chi connectivity index (χ1) is 7.63. The Morgan fingerprint density at radius 2 is 2.25 bits per heavy atom. The molecule has 0 aromatic carbocycles. The van der Waals surface area contributed by atoms with Gasteiger partial charge in [-0.3, -0.25) is 0 Å². The van der Waals surface area contributed by atoms with Crippen LogP contribution in [0.3, 0.4) is 0 Å². The largest absolute Gasteiger partial charge is 0.368 e. The Bertz CT molecular complexity index is 478. The van der Waals surface area contributed by atoms with Crippen LogP contribution in [0.25, 0.3) is 0 Å². The molecule has 5 nitrogen and oxygen atoms in total. The van der Waals surface area contributed by atoms with Crippen molar-refractivity contribution in [1.29, 1.82) is 0 Å². The second kappa shape index (κ2) is 4.63. The Hall–Kier alpha value is -1.40. The molecule has 0 radical (unpaired) electrons. The molecule has 0 fully saturated rings. The normalized spacial score (nSPS) is 10.4. The number of aryl methyl sites for hydroxylation is 1. The molecule has 7 heteroatoms. The minimum atomic E-state index is 0.157. The molecule has 0 unspecified atom stereocenters. The Labute approximate surface area is 102 Å². The molecule has 2 rings (SSSR count). The maximum absolute atomic E-state index is 5.75. The Morgan fingerprint density at radius 3 is 2.88 bits per heavy atom. The summed E-state index contributed by atoms with van der Waals surface area (Å²) < 4.78 is 0. The van der Waals surface area contributed by atoms with Crippen molar-refractivity contribution in [2.24, 2.45) is 0 Å². The number of aromatic nitrogens is 3. The van der Waals surface area contributed by atoms with Gasteiger partial charge in [-0.15, -0.1) is 11.3 Å². The van der Waals surface area contributed by atoms with Gasteiger partial charge in [0.15, 0.2) is 0 Å². The molecule has 0 aliphatic heterocycles. The Balaban J connectivity index is 2.04. The maximum atomic E-state index is 5.75. The predicted octanol–water partition coefficient (Wildman–Crippen LogP) is 2.09. The van der Waals surface area contributed by atoms with Gasteiger partial charge in [0.1, 0.15) is 11.0 Å². The zero-order valence-corrected chi connectivity index (χ0v) is 10.1. The van der Waals surface area contributed by atoms with E-state index in [-0.39, 0.29) is 5.95 Å². The summed E-state index contributed by atoms with van der Waals surface area (Å²) in [6, 6.07) is 1.62. The predicted molar refractivity (Wildman–Crippen MR) is 65.6 cm³/mol. The van der Waals surface area contributed by atoms with Crippen LogP contribution in [0.2, 0.25) is 5.15 Å². The summed E-state index contributed by atoms with van der Waals surface area (Å²) in [6.45, 7) is 2.56. The summed E-state index contributed by atoms with van der Waals surface area (Å²) >= 11 is 7.36. The number of nitrogen functional groups attached to an aromatic ring is 1. The molecule has 0 atom stereocenters. The van der Waals surface area contributed by atoms with E-state index in [1.54, 1.807) is 17.4 Å². The van der Waals surface area contributed by atoms with Gasteiger partial charge in [-0.1, -0.05) is 11.6 Å². The molecular weight excluding hydrogens is 246 g/mol. The zero-order chi connectivity index (χ0) is 11.5. The molecule has 84 valence electrons. The van der Waals surface area contributed by atoms with Crippen LogP contribution >= 0.6 is 22.9 Å². The van der Waals surface area contributed by atoms with E-state index in [0.717, 1.165) is 10.7 Å². The summed E-state index contributed by atoms with van der Waals surface area (Å²) in [6.07, 6.45) is 0. The molecule has 2 heterocycles. The third kappa shape index (κ3) is 2.80. The van der Waals surface area contributed by atoms with Crippen molar-refractivity contribution in [1.82, 2.24) is 15.0 Å². The molecule has 0 saturated carbocycles. The highest BCUT2D eigenvalue weighted by Gasteiger charge is 2.02. The van der Waals surface area contributed by atoms with Crippen molar-refractivity contribution in [3.63, 3.8) is 0 Å². The second-order valence-corrected chi connectivity index (χ2v) is 4.59. The molecule has 2 aromatic rings. The maximum Gasteiger partial charge on any atom is 0.223 e. The van der Waals surface area contributed by atoms with Gasteiger partial charge in [0.2, 0.25) is 5.95 Å². The van der Waals surface area contributed by atoms with Gasteiger partial charge in [-0.2, -0.15) is 4.98 Å². The number of nitrogens with zero attached hydrogens (tertiary/aromatic N) is 3. The highest BCUT2D eigenvalue weighted by Crippen LogP contribution is 2.14. The lowest BCUT2D eigenvalue weighted by Crippen LogP contribution is -2.04. The van der Waals surface area contributed by atoms with Crippen LogP contribution in [0.1, 0.15) is 10.7 Å². The highest BCUT2D eigenvalue weighted by molar-refractivity contribution is 7.09. The van der Waals surface area contributed by atoms with Crippen LogP contribution in [0.15, 0.2) is 11.4 Å². The van der Waals surface area contributed by atoms with Crippen molar-refractivity contribution in [3.8, 4) is 0 Å². The number of thiazole rings is 1. The summed E-state index contributed by atoms with van der Waals surface area (Å²) in [5.41, 5.74) is 6.44. The van der Waals surface area contributed by atoms with Gasteiger partial charge >= 0.3 is 0 Å². The minimum absolute atomic E-state index is 0.157. The van der Waals surface area contributed by atoms with Crippen molar-refractivity contribution in [2.75, 3.05) is 11.1 Å². The van der Waals surface area contributed by atoms with E-state index in [1.165, 1.54) is 0 Å². The molecule has 16 heavy (non-hydrogen) atoms. The van der Waals surface area contributed by atoms with Crippen LogP contribution < -0.4 is 11.1 Å². The smallest absolute Gasteiger partial charge is 0.223 e. The van der Waals surface area contributed by atoms with Gasteiger partial charge in [0.25, 0.3) is 0 Å². The third-order valence-electron chi connectivity index (χ3n) is 1.83. The summed E-state index contributed by atoms with van der Waals surface area (Å²) in [7, 11) is 0. The van der Waals surface area contributed by atoms with Gasteiger partial charge in [0, 0.05) is 11.4 Å². The van der Waals surface area contributed by atoms with E-state index in [9.17, 15) is 0 Å². The van der Waals surface area contributed by atoms with Gasteiger partial charge in [0.05, 0.1) is 17.2 Å². The molecule has 0 amide bonds. The quantitative estimate of drug-likeness (QED) is 0.822. The summed E-state index contributed by atoms with van der Waals surface area (Å²) in [5.74, 6) is 0.757. The highest BCUT2D eigenvalue weighted by atomic mass is 35.5. The number of rotatable bonds is 3. The number of anilines is 2. The van der Waals surface area contributed by atoms with Gasteiger partial charge in [-0.05, 0) is 6.92 Å². The average Bonchev–Trinajstić information content (AvgIpc) is 2.60. The van der Waals surface area contributed by atoms with Crippen molar-refractivity contribution >= 4 is 34.7 Å². The zero-order valence-electron chi connectivity index (χ0n) is 8.57. The molecule has 0 saturated heterocycles. The SMILES string of the molecule is Cc1nc(CNc2cc(Cl)nc(N)n2)cs1. The van der Waals surface area contributed by atoms with Gasteiger partial charge < -0.3 is 11.1 Å². The fourth-order valence-corrected chi connectivity index (χ4v) is 2.00. The van der Waals surface area contributed by atoms with Gasteiger partial charge in [-0.25, -0.2) is 9.97 Å². The lowest BCUT2D eigenvalue weighted by molar-refractivity contribution is 1.03. The topological polar surface area (TPSA) is 76.7 Å². The number of nitrogens with one attached hydrogen (secondary N) is 1. The lowest BCUT2D eigenvalue weighted by atomic mass is 10.4.